The summed E-state index contributed by atoms with van der Waals surface area (Å²) in [5.74, 6) is -3.17. The van der Waals surface area contributed by atoms with E-state index >= 15 is 0 Å². The summed E-state index contributed by atoms with van der Waals surface area (Å²) in [4.78, 5) is 18.6. The Kier molecular flexibility index (Phi) is 4.79. The van der Waals surface area contributed by atoms with Crippen molar-refractivity contribution in [3.63, 3.8) is 0 Å². The van der Waals surface area contributed by atoms with Crippen LogP contribution in [0.5, 0.6) is 11.5 Å². The number of phenolic OH excluding ortho intramolecular Hbond substituents is 2. The molecule has 0 radical (unpaired) electrons. The Bertz CT molecular complexity index is 734. The molecule has 0 aliphatic heterocycles. The average molecular weight is 340 g/mol. The second kappa shape index (κ2) is 6.31. The van der Waals surface area contributed by atoms with Gasteiger partial charge in [0.15, 0.2) is 5.79 Å². The molecular weight excluding hydrogens is 323 g/mol. The van der Waals surface area contributed by atoms with Gasteiger partial charge in [0.2, 0.25) is 0 Å². The zero-order valence-corrected chi connectivity index (χ0v) is 12.9. The number of aromatic hydroxyl groups is 2. The molecule has 0 fully saturated rings. The average Bonchev–Trinajstić information content (AvgIpc) is 2.45. The summed E-state index contributed by atoms with van der Waals surface area (Å²) in [6.45, 7) is 0. The van der Waals surface area contributed by atoms with Gasteiger partial charge in [0, 0.05) is 6.42 Å². The van der Waals surface area contributed by atoms with E-state index in [1.165, 1.54) is 18.2 Å². The van der Waals surface area contributed by atoms with Crippen LogP contribution in [0.1, 0.15) is 17.5 Å². The predicted molar refractivity (Wildman–Crippen MR) is 82.3 cm³/mol. The van der Waals surface area contributed by atoms with Gasteiger partial charge in [-0.1, -0.05) is 18.2 Å². The molecule has 0 atom stereocenters. The van der Waals surface area contributed by atoms with Crippen molar-refractivity contribution in [3.8, 4) is 11.5 Å². The standard InChI is InChI=1S/C15H17O7P/c16-11-6-4-10(5-7-11)8-9-15(18,19)14-12(17)2-1-3-13(14)23(20,21)22/h1-7,16-19H,8-9H2,(H2,20,21,22). The highest BCUT2D eigenvalue weighted by Gasteiger charge is 2.36. The van der Waals surface area contributed by atoms with E-state index < -0.39 is 30.0 Å². The number of hydrogen-bond acceptors (Lipinski definition) is 5. The number of hydrogen-bond donors (Lipinski definition) is 6. The maximum Gasteiger partial charge on any atom is 0.356 e. The van der Waals surface area contributed by atoms with Crippen LogP contribution < -0.4 is 5.30 Å². The normalized spacial score (nSPS) is 12.3. The van der Waals surface area contributed by atoms with Crippen molar-refractivity contribution in [2.24, 2.45) is 0 Å². The molecule has 0 saturated carbocycles. The zero-order valence-electron chi connectivity index (χ0n) is 12.0. The minimum atomic E-state index is -4.79. The van der Waals surface area contributed by atoms with Gasteiger partial charge >= 0.3 is 7.60 Å². The SMILES string of the molecule is O=P(O)(O)c1cccc(O)c1C(O)(O)CCc1ccc(O)cc1. The van der Waals surface area contributed by atoms with Gasteiger partial charge in [-0.15, -0.1) is 0 Å². The lowest BCUT2D eigenvalue weighted by Crippen LogP contribution is -2.32. The van der Waals surface area contributed by atoms with Crippen LogP contribution in [-0.2, 0) is 16.8 Å². The van der Waals surface area contributed by atoms with Crippen LogP contribution in [0.2, 0.25) is 0 Å². The highest BCUT2D eigenvalue weighted by atomic mass is 31.2. The van der Waals surface area contributed by atoms with E-state index in [1.54, 1.807) is 12.1 Å². The Morgan fingerprint density at radius 3 is 2.13 bits per heavy atom. The van der Waals surface area contributed by atoms with Gasteiger partial charge in [0.05, 0.1) is 10.9 Å². The van der Waals surface area contributed by atoms with Crippen LogP contribution in [0.4, 0.5) is 0 Å². The Balaban J connectivity index is 2.32. The van der Waals surface area contributed by atoms with Crippen LogP contribution >= 0.6 is 7.60 Å². The molecule has 0 aliphatic rings. The Labute approximate surface area is 132 Å². The molecule has 2 aromatic rings. The minimum absolute atomic E-state index is 0.0671. The van der Waals surface area contributed by atoms with Crippen molar-refractivity contribution in [1.29, 1.82) is 0 Å². The smallest absolute Gasteiger partial charge is 0.356 e. The number of aliphatic hydroxyl groups is 2. The van der Waals surface area contributed by atoms with Crippen molar-refractivity contribution >= 4 is 12.9 Å². The van der Waals surface area contributed by atoms with E-state index in [0.29, 0.717) is 5.56 Å². The van der Waals surface area contributed by atoms with Gasteiger partial charge < -0.3 is 30.2 Å². The Hall–Kier alpha value is -1.89. The third kappa shape index (κ3) is 4.10. The molecule has 6 N–H and O–H groups in total. The molecule has 2 rings (SSSR count). The van der Waals surface area contributed by atoms with Gasteiger partial charge in [-0.25, -0.2) is 0 Å². The second-order valence-corrected chi connectivity index (χ2v) is 6.77. The molecule has 8 heteroatoms. The first-order valence-electron chi connectivity index (χ1n) is 6.72. The lowest BCUT2D eigenvalue weighted by atomic mass is 9.97. The fourth-order valence-electron chi connectivity index (χ4n) is 2.29. The molecule has 0 aromatic heterocycles. The van der Waals surface area contributed by atoms with E-state index in [4.69, 9.17) is 0 Å². The van der Waals surface area contributed by atoms with Crippen molar-refractivity contribution in [2.45, 2.75) is 18.6 Å². The van der Waals surface area contributed by atoms with Crippen LogP contribution in [0, 0.1) is 0 Å². The van der Waals surface area contributed by atoms with Crippen LogP contribution in [0.3, 0.4) is 0 Å². The summed E-state index contributed by atoms with van der Waals surface area (Å²) in [5.41, 5.74) is 0.0792. The third-order valence-electron chi connectivity index (χ3n) is 3.43. The molecule has 0 bridgehead atoms. The van der Waals surface area contributed by atoms with E-state index in [-0.39, 0.29) is 18.6 Å². The number of aryl methyl sites for hydroxylation is 1. The fourth-order valence-corrected chi connectivity index (χ4v) is 3.15. The predicted octanol–water partition coefficient (Wildman–Crippen LogP) is 0.671. The number of phenols is 2. The first kappa shape index (κ1) is 17.5. The maximum atomic E-state index is 11.5. The number of benzene rings is 2. The van der Waals surface area contributed by atoms with Gasteiger partial charge in [0.25, 0.3) is 0 Å². The molecule has 0 amide bonds. The van der Waals surface area contributed by atoms with Crippen molar-refractivity contribution in [1.82, 2.24) is 0 Å². The van der Waals surface area contributed by atoms with Gasteiger partial charge in [-0.3, -0.25) is 4.57 Å². The third-order valence-corrected chi connectivity index (χ3v) is 4.43. The first-order valence-corrected chi connectivity index (χ1v) is 8.34. The lowest BCUT2D eigenvalue weighted by Gasteiger charge is -2.26. The summed E-state index contributed by atoms with van der Waals surface area (Å²) in [6, 6.07) is 9.41. The van der Waals surface area contributed by atoms with E-state index in [0.717, 1.165) is 12.1 Å². The molecular formula is C15H17O7P. The first-order chi connectivity index (χ1) is 10.6. The molecule has 2 aromatic carbocycles. The molecule has 7 nitrogen and oxygen atoms in total. The molecule has 0 unspecified atom stereocenters. The molecule has 0 heterocycles. The Morgan fingerprint density at radius 2 is 1.57 bits per heavy atom. The van der Waals surface area contributed by atoms with Crippen molar-refractivity contribution < 1.29 is 34.8 Å². The van der Waals surface area contributed by atoms with Crippen LogP contribution in [-0.4, -0.2) is 30.2 Å². The Morgan fingerprint density at radius 1 is 0.957 bits per heavy atom. The molecule has 124 valence electrons. The van der Waals surface area contributed by atoms with Gasteiger partial charge in [0.1, 0.15) is 11.5 Å². The summed E-state index contributed by atoms with van der Waals surface area (Å²) in [7, 11) is -4.79. The molecule has 0 spiro atoms. The molecule has 0 saturated heterocycles. The van der Waals surface area contributed by atoms with Crippen LogP contribution in [0.25, 0.3) is 0 Å². The molecule has 0 aliphatic carbocycles. The second-order valence-electron chi connectivity index (χ2n) is 5.20. The largest absolute Gasteiger partial charge is 0.508 e. The minimum Gasteiger partial charge on any atom is -0.508 e. The quantitative estimate of drug-likeness (QED) is 0.347. The van der Waals surface area contributed by atoms with E-state index in [9.17, 15) is 34.8 Å². The van der Waals surface area contributed by atoms with Gasteiger partial charge in [-0.05, 0) is 36.2 Å². The highest BCUT2D eigenvalue weighted by Crippen LogP contribution is 2.41. The lowest BCUT2D eigenvalue weighted by molar-refractivity contribution is -0.174. The monoisotopic (exact) mass is 340 g/mol. The summed E-state index contributed by atoms with van der Waals surface area (Å²) in [6.07, 6.45) is -0.148. The summed E-state index contributed by atoms with van der Waals surface area (Å²) >= 11 is 0. The highest BCUT2D eigenvalue weighted by molar-refractivity contribution is 7.60. The number of rotatable bonds is 5. The summed E-state index contributed by atoms with van der Waals surface area (Å²) in [5, 5.41) is 38.9. The maximum absolute atomic E-state index is 11.5. The van der Waals surface area contributed by atoms with E-state index in [2.05, 4.69) is 0 Å². The van der Waals surface area contributed by atoms with E-state index in [1.807, 2.05) is 0 Å². The molecule has 23 heavy (non-hydrogen) atoms. The van der Waals surface area contributed by atoms with Gasteiger partial charge in [-0.2, -0.15) is 0 Å². The fraction of sp³-hybridized carbons (Fsp3) is 0.200. The topological polar surface area (TPSA) is 138 Å². The van der Waals surface area contributed by atoms with Crippen LogP contribution in [0.15, 0.2) is 42.5 Å². The van der Waals surface area contributed by atoms with Crippen molar-refractivity contribution in [3.05, 3.63) is 53.6 Å². The van der Waals surface area contributed by atoms with Crippen molar-refractivity contribution in [2.75, 3.05) is 0 Å². The zero-order chi connectivity index (χ0) is 17.3. The summed E-state index contributed by atoms with van der Waals surface area (Å²) < 4.78 is 11.5.